The van der Waals surface area contributed by atoms with Crippen LogP contribution in [0.5, 0.6) is 5.75 Å². The maximum atomic E-state index is 9.85. The van der Waals surface area contributed by atoms with E-state index in [9.17, 15) is 5.11 Å². The van der Waals surface area contributed by atoms with Gasteiger partial charge in [0, 0.05) is 18.2 Å². The first-order chi connectivity index (χ1) is 8.60. The van der Waals surface area contributed by atoms with Crippen molar-refractivity contribution in [3.8, 4) is 5.75 Å². The minimum atomic E-state index is -0.311. The van der Waals surface area contributed by atoms with Crippen molar-refractivity contribution >= 4 is 0 Å². The second kappa shape index (κ2) is 7.39. The third-order valence-corrected chi connectivity index (χ3v) is 3.27. The van der Waals surface area contributed by atoms with Crippen LogP contribution in [0.1, 0.15) is 38.8 Å². The van der Waals surface area contributed by atoms with Crippen LogP contribution in [0.2, 0.25) is 0 Å². The Balaban J connectivity index is 2.71. The predicted octanol–water partition coefficient (Wildman–Crippen LogP) is 2.75. The highest BCUT2D eigenvalue weighted by Gasteiger charge is 2.16. The summed E-state index contributed by atoms with van der Waals surface area (Å²) in [6.07, 6.45) is 0.652. The van der Waals surface area contributed by atoms with Crippen LogP contribution >= 0.6 is 0 Å². The summed E-state index contributed by atoms with van der Waals surface area (Å²) in [5, 5.41) is 13.3. The molecule has 0 radical (unpaired) electrons. The molecule has 0 heterocycles. The quantitative estimate of drug-likeness (QED) is 0.783. The summed E-state index contributed by atoms with van der Waals surface area (Å²) in [6, 6.07) is 8.24. The third-order valence-electron chi connectivity index (χ3n) is 3.27. The lowest BCUT2D eigenvalue weighted by atomic mass is 10.0. The van der Waals surface area contributed by atoms with Gasteiger partial charge < -0.3 is 15.2 Å². The first-order valence-electron chi connectivity index (χ1n) is 6.64. The van der Waals surface area contributed by atoms with Crippen molar-refractivity contribution < 1.29 is 9.84 Å². The number of methoxy groups -OCH3 is 1. The average Bonchev–Trinajstić information content (AvgIpc) is 2.39. The molecule has 2 N–H and O–H groups in total. The Morgan fingerprint density at radius 2 is 1.94 bits per heavy atom. The van der Waals surface area contributed by atoms with E-state index in [1.165, 1.54) is 0 Å². The summed E-state index contributed by atoms with van der Waals surface area (Å²) in [4.78, 5) is 0. The van der Waals surface area contributed by atoms with Gasteiger partial charge in [-0.05, 0) is 18.4 Å². The van der Waals surface area contributed by atoms with Gasteiger partial charge in [-0.15, -0.1) is 0 Å². The Kier molecular flexibility index (Phi) is 6.16. The van der Waals surface area contributed by atoms with Crippen LogP contribution in [0.25, 0.3) is 0 Å². The summed E-state index contributed by atoms with van der Waals surface area (Å²) in [5.41, 5.74) is 1.15. The molecule has 2 unspecified atom stereocenters. The van der Waals surface area contributed by atoms with Gasteiger partial charge in [0.1, 0.15) is 5.75 Å². The standard InChI is InChI=1S/C15H25NO2/c1-5-13(16-10-14(17)11(2)3)12-8-6-7-9-15(12)18-4/h6-9,11,13-14,16-17H,5,10H2,1-4H3. The van der Waals surface area contributed by atoms with E-state index < -0.39 is 0 Å². The van der Waals surface area contributed by atoms with E-state index >= 15 is 0 Å². The van der Waals surface area contributed by atoms with E-state index in [2.05, 4.69) is 18.3 Å². The molecule has 0 aliphatic heterocycles. The van der Waals surface area contributed by atoms with Crippen molar-refractivity contribution in [2.45, 2.75) is 39.3 Å². The largest absolute Gasteiger partial charge is 0.496 e. The van der Waals surface area contributed by atoms with E-state index in [-0.39, 0.29) is 18.1 Å². The Morgan fingerprint density at radius 3 is 2.50 bits per heavy atom. The zero-order chi connectivity index (χ0) is 13.5. The maximum absolute atomic E-state index is 9.85. The number of para-hydroxylation sites is 1. The number of nitrogens with one attached hydrogen (secondary N) is 1. The zero-order valence-electron chi connectivity index (χ0n) is 11.8. The maximum Gasteiger partial charge on any atom is 0.123 e. The third kappa shape index (κ3) is 4.00. The monoisotopic (exact) mass is 251 g/mol. The number of aliphatic hydroxyl groups is 1. The Hall–Kier alpha value is -1.06. The molecule has 0 fully saturated rings. The number of rotatable bonds is 7. The van der Waals surface area contributed by atoms with Crippen LogP contribution in [0, 0.1) is 5.92 Å². The lowest BCUT2D eigenvalue weighted by Gasteiger charge is -2.23. The SMILES string of the molecule is CCC(NCC(O)C(C)C)c1ccccc1OC. The van der Waals surface area contributed by atoms with E-state index in [4.69, 9.17) is 4.74 Å². The molecule has 2 atom stereocenters. The molecule has 1 aromatic rings. The Bertz CT molecular complexity index is 352. The molecule has 0 amide bonds. The topological polar surface area (TPSA) is 41.5 Å². The summed E-state index contributed by atoms with van der Waals surface area (Å²) >= 11 is 0. The minimum absolute atomic E-state index is 0.217. The van der Waals surface area contributed by atoms with Crippen LogP contribution in [0.15, 0.2) is 24.3 Å². The van der Waals surface area contributed by atoms with Crippen molar-refractivity contribution in [1.82, 2.24) is 5.32 Å². The number of benzene rings is 1. The summed E-state index contributed by atoms with van der Waals surface area (Å²) in [7, 11) is 1.69. The van der Waals surface area contributed by atoms with Crippen molar-refractivity contribution in [3.05, 3.63) is 29.8 Å². The van der Waals surface area contributed by atoms with Gasteiger partial charge in [0.15, 0.2) is 0 Å². The van der Waals surface area contributed by atoms with Crippen molar-refractivity contribution in [2.24, 2.45) is 5.92 Å². The van der Waals surface area contributed by atoms with Crippen LogP contribution in [0.3, 0.4) is 0 Å². The molecule has 1 rings (SSSR count). The fourth-order valence-corrected chi connectivity index (χ4v) is 1.93. The molecular weight excluding hydrogens is 226 g/mol. The molecule has 3 nitrogen and oxygen atoms in total. The van der Waals surface area contributed by atoms with Gasteiger partial charge in [0.2, 0.25) is 0 Å². The summed E-state index contributed by atoms with van der Waals surface area (Å²) < 4.78 is 5.38. The van der Waals surface area contributed by atoms with Gasteiger partial charge in [-0.1, -0.05) is 39.0 Å². The van der Waals surface area contributed by atoms with Crippen LogP contribution < -0.4 is 10.1 Å². The van der Waals surface area contributed by atoms with Crippen LogP contribution in [0.4, 0.5) is 0 Å². The van der Waals surface area contributed by atoms with Gasteiger partial charge in [-0.25, -0.2) is 0 Å². The van der Waals surface area contributed by atoms with Crippen LogP contribution in [-0.4, -0.2) is 24.9 Å². The molecule has 0 saturated heterocycles. The molecule has 3 heteroatoms. The highest BCUT2D eigenvalue weighted by atomic mass is 16.5. The molecule has 0 spiro atoms. The second-order valence-electron chi connectivity index (χ2n) is 4.92. The first-order valence-corrected chi connectivity index (χ1v) is 6.64. The van der Waals surface area contributed by atoms with E-state index in [0.29, 0.717) is 6.54 Å². The Labute approximate surface area is 110 Å². The first kappa shape index (κ1) is 15.0. The number of ether oxygens (including phenoxy) is 1. The number of hydrogen-bond acceptors (Lipinski definition) is 3. The molecular formula is C15H25NO2. The fourth-order valence-electron chi connectivity index (χ4n) is 1.93. The molecule has 0 aliphatic rings. The van der Waals surface area contributed by atoms with E-state index in [1.54, 1.807) is 7.11 Å². The molecule has 0 aliphatic carbocycles. The van der Waals surface area contributed by atoms with Crippen molar-refractivity contribution in [2.75, 3.05) is 13.7 Å². The minimum Gasteiger partial charge on any atom is -0.496 e. The highest BCUT2D eigenvalue weighted by Crippen LogP contribution is 2.26. The van der Waals surface area contributed by atoms with Gasteiger partial charge in [-0.3, -0.25) is 0 Å². The smallest absolute Gasteiger partial charge is 0.123 e. The lowest BCUT2D eigenvalue weighted by Crippen LogP contribution is -2.33. The van der Waals surface area contributed by atoms with E-state index in [0.717, 1.165) is 17.7 Å². The van der Waals surface area contributed by atoms with Crippen LogP contribution in [-0.2, 0) is 0 Å². The summed E-state index contributed by atoms with van der Waals surface area (Å²) in [6.45, 7) is 6.78. The zero-order valence-corrected chi connectivity index (χ0v) is 11.8. The highest BCUT2D eigenvalue weighted by molar-refractivity contribution is 5.35. The molecule has 0 saturated carbocycles. The number of aliphatic hydroxyl groups excluding tert-OH is 1. The fraction of sp³-hybridized carbons (Fsp3) is 0.600. The molecule has 102 valence electrons. The molecule has 1 aromatic carbocycles. The van der Waals surface area contributed by atoms with Gasteiger partial charge >= 0.3 is 0 Å². The molecule has 0 bridgehead atoms. The number of hydrogen-bond donors (Lipinski definition) is 2. The second-order valence-corrected chi connectivity index (χ2v) is 4.92. The van der Waals surface area contributed by atoms with Crippen molar-refractivity contribution in [3.63, 3.8) is 0 Å². The van der Waals surface area contributed by atoms with Gasteiger partial charge in [0.05, 0.1) is 13.2 Å². The van der Waals surface area contributed by atoms with E-state index in [1.807, 2.05) is 32.0 Å². The van der Waals surface area contributed by atoms with Gasteiger partial charge in [0.25, 0.3) is 0 Å². The Morgan fingerprint density at radius 1 is 1.28 bits per heavy atom. The molecule has 0 aromatic heterocycles. The lowest BCUT2D eigenvalue weighted by molar-refractivity contribution is 0.119. The normalized spacial score (nSPS) is 14.6. The van der Waals surface area contributed by atoms with Crippen molar-refractivity contribution in [1.29, 1.82) is 0 Å². The summed E-state index contributed by atoms with van der Waals surface area (Å²) in [5.74, 6) is 1.17. The van der Waals surface area contributed by atoms with Gasteiger partial charge in [-0.2, -0.15) is 0 Å². The predicted molar refractivity (Wildman–Crippen MR) is 74.9 cm³/mol. The average molecular weight is 251 g/mol. The molecule has 18 heavy (non-hydrogen) atoms.